The van der Waals surface area contributed by atoms with Crippen LogP contribution in [0.5, 0.6) is 11.5 Å². The Morgan fingerprint density at radius 3 is 2.14 bits per heavy atom. The topological polar surface area (TPSA) is 73.6 Å². The van der Waals surface area contributed by atoms with Crippen LogP contribution in [0.25, 0.3) is 0 Å². The number of hydrogen-bond acceptors (Lipinski definition) is 5. The standard InChI is InChI=1S/C21H18Cl2N2O4/c1-28-18-8-4-16(5-9-18)24-12-15-10-19(22)21(20(23)11-15)29-13-14-2-6-17(7-3-14)25(26)27/h2-11,24H,12-13H2,1H3. The van der Waals surface area contributed by atoms with Crippen LogP contribution >= 0.6 is 23.2 Å². The van der Waals surface area contributed by atoms with E-state index in [0.29, 0.717) is 22.3 Å². The molecule has 6 nitrogen and oxygen atoms in total. The maximum Gasteiger partial charge on any atom is 0.269 e. The van der Waals surface area contributed by atoms with E-state index in [1.54, 1.807) is 31.4 Å². The van der Waals surface area contributed by atoms with Gasteiger partial charge in [-0.3, -0.25) is 10.1 Å². The molecule has 3 aromatic rings. The van der Waals surface area contributed by atoms with Crippen LogP contribution < -0.4 is 14.8 Å². The van der Waals surface area contributed by atoms with Gasteiger partial charge in [-0.1, -0.05) is 23.2 Å². The zero-order chi connectivity index (χ0) is 20.8. The highest BCUT2D eigenvalue weighted by Crippen LogP contribution is 2.35. The van der Waals surface area contributed by atoms with Crippen molar-refractivity contribution >= 4 is 34.6 Å². The average molecular weight is 433 g/mol. The highest BCUT2D eigenvalue weighted by Gasteiger charge is 2.11. The fourth-order valence-electron chi connectivity index (χ4n) is 2.63. The molecule has 8 heteroatoms. The third kappa shape index (κ3) is 5.53. The number of nitrogens with zero attached hydrogens (tertiary/aromatic N) is 1. The molecule has 0 aliphatic carbocycles. The first-order valence-electron chi connectivity index (χ1n) is 8.68. The Morgan fingerprint density at radius 2 is 1.59 bits per heavy atom. The molecule has 0 spiro atoms. The number of ether oxygens (including phenoxy) is 2. The first kappa shape index (κ1) is 20.8. The maximum absolute atomic E-state index is 10.7. The minimum atomic E-state index is -0.447. The molecule has 29 heavy (non-hydrogen) atoms. The van der Waals surface area contributed by atoms with Gasteiger partial charge >= 0.3 is 0 Å². The van der Waals surface area contributed by atoms with Gasteiger partial charge in [-0.2, -0.15) is 0 Å². The number of nitrogens with one attached hydrogen (secondary N) is 1. The summed E-state index contributed by atoms with van der Waals surface area (Å²) >= 11 is 12.7. The summed E-state index contributed by atoms with van der Waals surface area (Å²) in [5.74, 6) is 1.16. The van der Waals surface area contributed by atoms with Gasteiger partial charge < -0.3 is 14.8 Å². The van der Waals surface area contributed by atoms with Gasteiger partial charge in [0.2, 0.25) is 0 Å². The average Bonchev–Trinajstić information content (AvgIpc) is 2.72. The van der Waals surface area contributed by atoms with Gasteiger partial charge in [0.1, 0.15) is 12.4 Å². The van der Waals surface area contributed by atoms with E-state index >= 15 is 0 Å². The fourth-order valence-corrected chi connectivity index (χ4v) is 3.28. The van der Waals surface area contributed by atoms with E-state index in [9.17, 15) is 10.1 Å². The molecular weight excluding hydrogens is 415 g/mol. The quantitative estimate of drug-likeness (QED) is 0.343. The molecule has 0 unspecified atom stereocenters. The van der Waals surface area contributed by atoms with Crippen molar-refractivity contribution < 1.29 is 14.4 Å². The second kappa shape index (κ2) is 9.49. The predicted octanol–water partition coefficient (Wildman–Crippen LogP) is 6.10. The summed E-state index contributed by atoms with van der Waals surface area (Å²) in [5, 5.41) is 14.8. The monoisotopic (exact) mass is 432 g/mol. The molecule has 0 aliphatic rings. The Hall–Kier alpha value is -2.96. The first-order chi connectivity index (χ1) is 14.0. The van der Waals surface area contributed by atoms with Gasteiger partial charge in [0, 0.05) is 24.4 Å². The van der Waals surface area contributed by atoms with Crippen molar-refractivity contribution in [3.8, 4) is 11.5 Å². The predicted molar refractivity (Wildman–Crippen MR) is 114 cm³/mol. The molecule has 0 amide bonds. The van der Waals surface area contributed by atoms with Crippen LogP contribution in [-0.2, 0) is 13.2 Å². The van der Waals surface area contributed by atoms with Gasteiger partial charge in [-0.25, -0.2) is 0 Å². The summed E-state index contributed by atoms with van der Waals surface area (Å²) in [6.07, 6.45) is 0. The SMILES string of the molecule is COc1ccc(NCc2cc(Cl)c(OCc3ccc([N+](=O)[O-])cc3)c(Cl)c2)cc1. The Bertz CT molecular complexity index is 970. The van der Waals surface area contributed by atoms with Crippen LogP contribution in [-0.4, -0.2) is 12.0 Å². The molecule has 150 valence electrons. The molecule has 0 aliphatic heterocycles. The number of methoxy groups -OCH3 is 1. The lowest BCUT2D eigenvalue weighted by atomic mass is 10.2. The number of rotatable bonds is 8. The van der Waals surface area contributed by atoms with E-state index in [-0.39, 0.29) is 12.3 Å². The zero-order valence-electron chi connectivity index (χ0n) is 15.5. The largest absolute Gasteiger partial charge is 0.497 e. The minimum Gasteiger partial charge on any atom is -0.497 e. The van der Waals surface area contributed by atoms with Gasteiger partial charge in [0.15, 0.2) is 5.75 Å². The Labute approximate surface area is 178 Å². The van der Waals surface area contributed by atoms with Crippen LogP contribution in [0.2, 0.25) is 10.0 Å². The molecule has 0 saturated heterocycles. The Morgan fingerprint density at radius 1 is 0.966 bits per heavy atom. The number of nitro groups is 1. The van der Waals surface area contributed by atoms with Gasteiger partial charge in [-0.15, -0.1) is 0 Å². The van der Waals surface area contributed by atoms with E-state index < -0.39 is 4.92 Å². The van der Waals surface area contributed by atoms with Crippen LogP contribution in [0.3, 0.4) is 0 Å². The van der Waals surface area contributed by atoms with Crippen molar-refractivity contribution in [3.05, 3.63) is 92.0 Å². The van der Waals surface area contributed by atoms with Crippen molar-refractivity contribution in [1.29, 1.82) is 0 Å². The highest BCUT2D eigenvalue weighted by molar-refractivity contribution is 6.37. The fraction of sp³-hybridized carbons (Fsp3) is 0.143. The van der Waals surface area contributed by atoms with Crippen molar-refractivity contribution in [2.45, 2.75) is 13.2 Å². The van der Waals surface area contributed by atoms with E-state index in [4.69, 9.17) is 32.7 Å². The van der Waals surface area contributed by atoms with E-state index in [1.165, 1.54) is 12.1 Å². The van der Waals surface area contributed by atoms with E-state index in [1.807, 2.05) is 24.3 Å². The molecule has 0 saturated carbocycles. The summed E-state index contributed by atoms with van der Waals surface area (Å²) in [4.78, 5) is 10.3. The molecular formula is C21H18Cl2N2O4. The van der Waals surface area contributed by atoms with Gasteiger partial charge in [0.05, 0.1) is 22.1 Å². The van der Waals surface area contributed by atoms with E-state index in [2.05, 4.69) is 5.32 Å². The van der Waals surface area contributed by atoms with Crippen molar-refractivity contribution in [3.63, 3.8) is 0 Å². The van der Waals surface area contributed by atoms with Crippen molar-refractivity contribution in [2.75, 3.05) is 12.4 Å². The van der Waals surface area contributed by atoms with Crippen LogP contribution in [0.15, 0.2) is 60.7 Å². The molecule has 0 bridgehead atoms. The number of nitro benzene ring substituents is 1. The third-order valence-corrected chi connectivity index (χ3v) is 4.74. The summed E-state index contributed by atoms with van der Waals surface area (Å²) in [6, 6.07) is 17.3. The smallest absolute Gasteiger partial charge is 0.269 e. The summed E-state index contributed by atoms with van der Waals surface area (Å²) < 4.78 is 10.9. The summed E-state index contributed by atoms with van der Waals surface area (Å²) in [6.45, 7) is 0.731. The molecule has 0 atom stereocenters. The summed E-state index contributed by atoms with van der Waals surface area (Å²) in [7, 11) is 1.62. The second-order valence-electron chi connectivity index (χ2n) is 6.18. The third-order valence-electron chi connectivity index (χ3n) is 4.18. The molecule has 0 aromatic heterocycles. The lowest BCUT2D eigenvalue weighted by molar-refractivity contribution is -0.384. The zero-order valence-corrected chi connectivity index (χ0v) is 17.0. The van der Waals surface area contributed by atoms with Crippen LogP contribution in [0, 0.1) is 10.1 Å². The van der Waals surface area contributed by atoms with Crippen LogP contribution in [0.1, 0.15) is 11.1 Å². The van der Waals surface area contributed by atoms with Gasteiger partial charge in [0.25, 0.3) is 5.69 Å². The van der Waals surface area contributed by atoms with Crippen molar-refractivity contribution in [1.82, 2.24) is 0 Å². The molecule has 3 aromatic carbocycles. The number of anilines is 1. The molecule has 3 rings (SSSR count). The number of hydrogen-bond donors (Lipinski definition) is 1. The lowest BCUT2D eigenvalue weighted by Gasteiger charge is -2.13. The molecule has 0 radical (unpaired) electrons. The molecule has 0 fully saturated rings. The van der Waals surface area contributed by atoms with Gasteiger partial charge in [-0.05, 0) is 59.7 Å². The lowest BCUT2D eigenvalue weighted by Crippen LogP contribution is -2.01. The second-order valence-corrected chi connectivity index (χ2v) is 7.00. The Kier molecular flexibility index (Phi) is 6.80. The van der Waals surface area contributed by atoms with E-state index in [0.717, 1.165) is 22.6 Å². The number of non-ortho nitro benzene ring substituents is 1. The molecule has 1 N–H and O–H groups in total. The van der Waals surface area contributed by atoms with Crippen LogP contribution in [0.4, 0.5) is 11.4 Å². The summed E-state index contributed by atoms with van der Waals surface area (Å²) in [5.41, 5.74) is 2.64. The number of benzene rings is 3. The van der Waals surface area contributed by atoms with Crippen molar-refractivity contribution in [2.24, 2.45) is 0 Å². The minimum absolute atomic E-state index is 0.0264. The molecule has 0 heterocycles. The Balaban J connectivity index is 1.62. The number of halogens is 2. The first-order valence-corrected chi connectivity index (χ1v) is 9.44. The maximum atomic E-state index is 10.7. The highest BCUT2D eigenvalue weighted by atomic mass is 35.5. The normalized spacial score (nSPS) is 10.4.